The zero-order valence-corrected chi connectivity index (χ0v) is 12.0. The van der Waals surface area contributed by atoms with Gasteiger partial charge in [-0.1, -0.05) is 42.5 Å². The van der Waals surface area contributed by atoms with Crippen LogP contribution in [-0.4, -0.2) is 4.98 Å². The molecule has 0 fully saturated rings. The fraction of sp³-hybridized carbons (Fsp3) is 0.167. The molecule has 0 amide bonds. The molecule has 0 radical (unpaired) electrons. The molecule has 3 aromatic rings. The molecule has 0 saturated carbocycles. The third-order valence-electron chi connectivity index (χ3n) is 3.54. The predicted molar refractivity (Wildman–Crippen MR) is 85.1 cm³/mol. The number of pyridine rings is 1. The maximum atomic E-state index is 5.98. The summed E-state index contributed by atoms with van der Waals surface area (Å²) in [5, 5.41) is 1.09. The summed E-state index contributed by atoms with van der Waals surface area (Å²) in [6, 6.07) is 18.1. The maximum Gasteiger partial charge on any atom is 0.146 e. The Morgan fingerprint density at radius 2 is 1.76 bits per heavy atom. The highest BCUT2D eigenvalue weighted by molar-refractivity contribution is 5.84. The van der Waals surface area contributed by atoms with Crippen molar-refractivity contribution >= 4 is 10.9 Å². The number of hydrogen-bond acceptors (Lipinski definition) is 3. The van der Waals surface area contributed by atoms with Crippen LogP contribution in [0.1, 0.15) is 16.8 Å². The van der Waals surface area contributed by atoms with E-state index in [0.717, 1.165) is 33.5 Å². The molecule has 0 atom stereocenters. The summed E-state index contributed by atoms with van der Waals surface area (Å²) in [4.78, 5) is 4.58. The molecule has 3 nitrogen and oxygen atoms in total. The number of hydrogen-bond donors (Lipinski definition) is 1. The van der Waals surface area contributed by atoms with Gasteiger partial charge in [-0.2, -0.15) is 0 Å². The Balaban J connectivity index is 1.90. The fourth-order valence-electron chi connectivity index (χ4n) is 2.39. The first-order chi connectivity index (χ1) is 10.3. The van der Waals surface area contributed by atoms with Gasteiger partial charge in [0.2, 0.25) is 0 Å². The molecule has 3 heteroatoms. The van der Waals surface area contributed by atoms with Gasteiger partial charge in [-0.05, 0) is 30.2 Å². The molecule has 0 aliphatic carbocycles. The van der Waals surface area contributed by atoms with Crippen molar-refractivity contribution in [3.8, 4) is 5.75 Å². The number of nitrogens with two attached hydrogens (primary N) is 1. The van der Waals surface area contributed by atoms with E-state index in [-0.39, 0.29) is 0 Å². The van der Waals surface area contributed by atoms with Crippen LogP contribution in [0.15, 0.2) is 54.6 Å². The summed E-state index contributed by atoms with van der Waals surface area (Å²) in [5.74, 6) is 0.808. The van der Waals surface area contributed by atoms with Crippen LogP contribution >= 0.6 is 0 Å². The second-order valence-corrected chi connectivity index (χ2v) is 5.04. The van der Waals surface area contributed by atoms with Crippen LogP contribution in [0.25, 0.3) is 10.9 Å². The molecule has 106 valence electrons. The Morgan fingerprint density at radius 1 is 0.952 bits per heavy atom. The molecule has 0 unspecified atom stereocenters. The van der Waals surface area contributed by atoms with Crippen molar-refractivity contribution in [2.75, 3.05) is 0 Å². The number of benzene rings is 2. The van der Waals surface area contributed by atoms with Gasteiger partial charge >= 0.3 is 0 Å². The lowest BCUT2D eigenvalue weighted by atomic mass is 10.1. The predicted octanol–water partition coefficient (Wildman–Crippen LogP) is 3.58. The summed E-state index contributed by atoms with van der Waals surface area (Å²) < 4.78 is 5.98. The van der Waals surface area contributed by atoms with Gasteiger partial charge in [0.05, 0.1) is 0 Å². The van der Waals surface area contributed by atoms with E-state index in [4.69, 9.17) is 10.5 Å². The van der Waals surface area contributed by atoms with Gasteiger partial charge in [-0.15, -0.1) is 0 Å². The van der Waals surface area contributed by atoms with E-state index in [1.807, 2.05) is 55.5 Å². The molecule has 0 aliphatic rings. The second kappa shape index (κ2) is 5.94. The van der Waals surface area contributed by atoms with Crippen LogP contribution in [0.4, 0.5) is 0 Å². The van der Waals surface area contributed by atoms with Gasteiger partial charge < -0.3 is 10.5 Å². The highest BCUT2D eigenvalue weighted by Crippen LogP contribution is 2.25. The third kappa shape index (κ3) is 2.88. The average molecular weight is 278 g/mol. The van der Waals surface area contributed by atoms with Crippen molar-refractivity contribution in [3.63, 3.8) is 0 Å². The Morgan fingerprint density at radius 3 is 2.57 bits per heavy atom. The van der Waals surface area contributed by atoms with Crippen LogP contribution in [-0.2, 0) is 13.2 Å². The molecule has 0 saturated heterocycles. The quantitative estimate of drug-likeness (QED) is 0.793. The standard InChI is InChI=1S/C18H18N2O/c1-13-9-10-14-7-4-8-17(18(14)20-13)21-12-16-6-3-2-5-15(16)11-19/h2-10H,11-12,19H2,1H3. The normalized spacial score (nSPS) is 10.8. The van der Waals surface area contributed by atoms with Gasteiger partial charge in [0.15, 0.2) is 0 Å². The number of ether oxygens (including phenoxy) is 1. The Kier molecular flexibility index (Phi) is 3.84. The number of para-hydroxylation sites is 1. The zero-order valence-electron chi connectivity index (χ0n) is 12.0. The average Bonchev–Trinajstić information content (AvgIpc) is 2.53. The van der Waals surface area contributed by atoms with Crippen LogP contribution < -0.4 is 10.5 Å². The smallest absolute Gasteiger partial charge is 0.146 e. The first-order valence-electron chi connectivity index (χ1n) is 7.04. The first kappa shape index (κ1) is 13.6. The lowest BCUT2D eigenvalue weighted by Gasteiger charge is -2.11. The Hall–Kier alpha value is -2.39. The summed E-state index contributed by atoms with van der Waals surface area (Å²) in [5.41, 5.74) is 9.88. The van der Waals surface area contributed by atoms with E-state index in [2.05, 4.69) is 11.1 Å². The molecule has 0 bridgehead atoms. The van der Waals surface area contributed by atoms with Crippen LogP contribution in [0.2, 0.25) is 0 Å². The second-order valence-electron chi connectivity index (χ2n) is 5.04. The Bertz CT molecular complexity index is 768. The van der Waals surface area contributed by atoms with E-state index < -0.39 is 0 Å². The van der Waals surface area contributed by atoms with E-state index in [0.29, 0.717) is 13.2 Å². The number of aromatic nitrogens is 1. The van der Waals surface area contributed by atoms with Crippen LogP contribution in [0.3, 0.4) is 0 Å². The minimum absolute atomic E-state index is 0.502. The fourth-order valence-corrected chi connectivity index (χ4v) is 2.39. The van der Waals surface area contributed by atoms with E-state index in [9.17, 15) is 0 Å². The van der Waals surface area contributed by atoms with Crippen molar-refractivity contribution in [2.24, 2.45) is 5.73 Å². The van der Waals surface area contributed by atoms with Gasteiger partial charge in [0, 0.05) is 17.6 Å². The number of rotatable bonds is 4. The largest absolute Gasteiger partial charge is 0.487 e. The number of nitrogens with zero attached hydrogens (tertiary/aromatic N) is 1. The molecule has 2 N–H and O–H groups in total. The number of aryl methyl sites for hydroxylation is 1. The van der Waals surface area contributed by atoms with Gasteiger partial charge in [0.1, 0.15) is 17.9 Å². The summed E-state index contributed by atoms with van der Waals surface area (Å²) in [7, 11) is 0. The molecule has 0 spiro atoms. The Labute approximate surface area is 124 Å². The molecular weight excluding hydrogens is 260 g/mol. The molecule has 21 heavy (non-hydrogen) atoms. The molecule has 1 aromatic heterocycles. The van der Waals surface area contributed by atoms with Crippen molar-refractivity contribution in [1.82, 2.24) is 4.98 Å². The first-order valence-corrected chi connectivity index (χ1v) is 7.04. The van der Waals surface area contributed by atoms with Crippen LogP contribution in [0.5, 0.6) is 5.75 Å². The maximum absolute atomic E-state index is 5.98. The topological polar surface area (TPSA) is 48.1 Å². The van der Waals surface area contributed by atoms with Crippen LogP contribution in [0, 0.1) is 6.92 Å². The molecular formula is C18H18N2O. The van der Waals surface area contributed by atoms with Gasteiger partial charge in [0.25, 0.3) is 0 Å². The highest BCUT2D eigenvalue weighted by Gasteiger charge is 2.06. The summed E-state index contributed by atoms with van der Waals surface area (Å²) in [6.07, 6.45) is 0. The lowest BCUT2D eigenvalue weighted by Crippen LogP contribution is -2.04. The van der Waals surface area contributed by atoms with E-state index in [1.54, 1.807) is 0 Å². The lowest BCUT2D eigenvalue weighted by molar-refractivity contribution is 0.308. The molecule has 3 rings (SSSR count). The summed E-state index contributed by atoms with van der Waals surface area (Å²) in [6.45, 7) is 3.01. The van der Waals surface area contributed by atoms with Crippen molar-refractivity contribution in [3.05, 3.63) is 71.4 Å². The highest BCUT2D eigenvalue weighted by atomic mass is 16.5. The minimum Gasteiger partial charge on any atom is -0.487 e. The van der Waals surface area contributed by atoms with Gasteiger partial charge in [-0.25, -0.2) is 4.98 Å². The van der Waals surface area contributed by atoms with Gasteiger partial charge in [-0.3, -0.25) is 0 Å². The SMILES string of the molecule is Cc1ccc2cccc(OCc3ccccc3CN)c2n1. The molecule has 0 aliphatic heterocycles. The monoisotopic (exact) mass is 278 g/mol. The van der Waals surface area contributed by atoms with Crippen molar-refractivity contribution < 1.29 is 4.74 Å². The van der Waals surface area contributed by atoms with Crippen molar-refractivity contribution in [2.45, 2.75) is 20.1 Å². The van der Waals surface area contributed by atoms with E-state index >= 15 is 0 Å². The zero-order chi connectivity index (χ0) is 14.7. The molecule has 2 aromatic carbocycles. The minimum atomic E-state index is 0.502. The van der Waals surface area contributed by atoms with E-state index in [1.165, 1.54) is 0 Å². The van der Waals surface area contributed by atoms with Crippen molar-refractivity contribution in [1.29, 1.82) is 0 Å². The third-order valence-corrected chi connectivity index (χ3v) is 3.54. The number of fused-ring (bicyclic) bond motifs is 1. The molecule has 1 heterocycles. The summed E-state index contributed by atoms with van der Waals surface area (Å²) >= 11 is 0.